The Labute approximate surface area is 113 Å². The van der Waals surface area contributed by atoms with Crippen molar-refractivity contribution in [2.24, 2.45) is 5.92 Å². The van der Waals surface area contributed by atoms with Crippen LogP contribution in [0.3, 0.4) is 0 Å². The van der Waals surface area contributed by atoms with Crippen LogP contribution in [0.15, 0.2) is 23.1 Å². The Balaban J connectivity index is 2.34. The molecule has 1 aromatic carbocycles. The van der Waals surface area contributed by atoms with Gasteiger partial charge in [0, 0.05) is 13.1 Å². The fourth-order valence-corrected chi connectivity index (χ4v) is 3.76. The minimum atomic E-state index is -3.70. The number of nitrogens with two attached hydrogens (primary N) is 1. The van der Waals surface area contributed by atoms with Crippen LogP contribution in [-0.4, -0.2) is 25.8 Å². The lowest BCUT2D eigenvalue weighted by molar-refractivity contribution is 0.395. The molecule has 0 heterocycles. The van der Waals surface area contributed by atoms with Crippen LogP contribution in [0.25, 0.3) is 0 Å². The first-order valence-electron chi connectivity index (χ1n) is 6.51. The van der Waals surface area contributed by atoms with Crippen LogP contribution in [0.1, 0.15) is 26.2 Å². The smallest absolute Gasteiger partial charge is 0.245 e. The molecule has 4 nitrogen and oxygen atoms in total. The average Bonchev–Trinajstić information content (AvgIpc) is 3.16. The maximum Gasteiger partial charge on any atom is 0.245 e. The van der Waals surface area contributed by atoms with Gasteiger partial charge in [-0.2, -0.15) is 4.31 Å². The molecule has 0 aromatic heterocycles. The van der Waals surface area contributed by atoms with E-state index in [9.17, 15) is 12.8 Å². The van der Waals surface area contributed by atoms with Crippen molar-refractivity contribution in [1.29, 1.82) is 0 Å². The Bertz CT molecular complexity index is 556. The SMILES string of the molecule is CCCN(CC1CC1)S(=O)(=O)c1cccc(F)c1N. The molecule has 106 valence electrons. The molecular formula is C13H19FN2O2S. The molecule has 0 aliphatic heterocycles. The number of halogens is 1. The van der Waals surface area contributed by atoms with E-state index in [1.165, 1.54) is 22.5 Å². The molecule has 19 heavy (non-hydrogen) atoms. The molecule has 1 fully saturated rings. The molecule has 1 aliphatic rings. The number of benzene rings is 1. The summed E-state index contributed by atoms with van der Waals surface area (Å²) in [6.07, 6.45) is 2.85. The second-order valence-electron chi connectivity index (χ2n) is 4.96. The molecular weight excluding hydrogens is 267 g/mol. The van der Waals surface area contributed by atoms with E-state index in [1.54, 1.807) is 0 Å². The number of para-hydroxylation sites is 1. The summed E-state index contributed by atoms with van der Waals surface area (Å²) in [5.74, 6) is -0.250. The first kappa shape index (κ1) is 14.3. The van der Waals surface area contributed by atoms with Gasteiger partial charge in [-0.3, -0.25) is 0 Å². The van der Waals surface area contributed by atoms with Crippen molar-refractivity contribution in [3.8, 4) is 0 Å². The highest BCUT2D eigenvalue weighted by Crippen LogP contribution is 2.33. The standard InChI is InChI=1S/C13H19FN2O2S/c1-2-8-16(9-10-6-7-10)19(17,18)12-5-3-4-11(14)13(12)15/h3-5,10H,2,6-9,15H2,1H3. The zero-order chi connectivity index (χ0) is 14.0. The lowest BCUT2D eigenvalue weighted by Crippen LogP contribution is -2.34. The number of nitrogens with zero attached hydrogens (tertiary/aromatic N) is 1. The second kappa shape index (κ2) is 5.46. The molecule has 0 atom stereocenters. The van der Waals surface area contributed by atoms with Gasteiger partial charge in [0.25, 0.3) is 0 Å². The number of hydrogen-bond acceptors (Lipinski definition) is 3. The van der Waals surface area contributed by atoms with E-state index in [4.69, 9.17) is 5.73 Å². The lowest BCUT2D eigenvalue weighted by Gasteiger charge is -2.22. The van der Waals surface area contributed by atoms with Crippen molar-refractivity contribution in [3.05, 3.63) is 24.0 Å². The number of hydrogen-bond donors (Lipinski definition) is 1. The Hall–Kier alpha value is -1.14. The van der Waals surface area contributed by atoms with Crippen LogP contribution < -0.4 is 5.73 Å². The summed E-state index contributed by atoms with van der Waals surface area (Å²) >= 11 is 0. The van der Waals surface area contributed by atoms with Crippen LogP contribution in [0, 0.1) is 11.7 Å². The highest BCUT2D eigenvalue weighted by atomic mass is 32.2. The van der Waals surface area contributed by atoms with Crippen molar-refractivity contribution in [2.45, 2.75) is 31.1 Å². The number of sulfonamides is 1. The molecule has 6 heteroatoms. The van der Waals surface area contributed by atoms with E-state index in [0.29, 0.717) is 19.0 Å². The molecule has 0 amide bonds. The summed E-state index contributed by atoms with van der Waals surface area (Å²) in [6.45, 7) is 2.87. The maximum atomic E-state index is 13.4. The molecule has 0 radical (unpaired) electrons. The van der Waals surface area contributed by atoms with Gasteiger partial charge in [-0.15, -0.1) is 0 Å². The Morgan fingerprint density at radius 3 is 2.68 bits per heavy atom. The number of nitrogen functional groups attached to an aromatic ring is 1. The molecule has 2 N–H and O–H groups in total. The molecule has 0 bridgehead atoms. The van der Waals surface area contributed by atoms with Crippen LogP contribution >= 0.6 is 0 Å². The van der Waals surface area contributed by atoms with E-state index in [-0.39, 0.29) is 10.6 Å². The van der Waals surface area contributed by atoms with Gasteiger partial charge in [0.2, 0.25) is 10.0 Å². The third-order valence-corrected chi connectivity index (χ3v) is 5.19. The summed E-state index contributed by atoms with van der Waals surface area (Å²) < 4.78 is 39.9. The highest BCUT2D eigenvalue weighted by molar-refractivity contribution is 7.89. The molecule has 1 aromatic rings. The summed E-state index contributed by atoms with van der Waals surface area (Å²) in [5, 5.41) is 0. The normalized spacial score (nSPS) is 15.9. The van der Waals surface area contributed by atoms with Crippen LogP contribution in [0.4, 0.5) is 10.1 Å². The fourth-order valence-electron chi connectivity index (χ4n) is 2.03. The summed E-state index contributed by atoms with van der Waals surface area (Å²) in [4.78, 5) is -0.124. The van der Waals surface area contributed by atoms with Crippen molar-refractivity contribution < 1.29 is 12.8 Å². The van der Waals surface area contributed by atoms with E-state index >= 15 is 0 Å². The second-order valence-corrected chi connectivity index (χ2v) is 6.86. The summed E-state index contributed by atoms with van der Waals surface area (Å²) in [5.41, 5.74) is 5.28. The van der Waals surface area contributed by atoms with Crippen molar-refractivity contribution >= 4 is 15.7 Å². The molecule has 0 spiro atoms. The van der Waals surface area contributed by atoms with Crippen LogP contribution in [0.2, 0.25) is 0 Å². The molecule has 1 aliphatic carbocycles. The average molecular weight is 286 g/mol. The topological polar surface area (TPSA) is 63.4 Å². The number of anilines is 1. The van der Waals surface area contributed by atoms with Gasteiger partial charge >= 0.3 is 0 Å². The van der Waals surface area contributed by atoms with Crippen molar-refractivity contribution in [1.82, 2.24) is 4.31 Å². The minimum Gasteiger partial charge on any atom is -0.395 e. The third-order valence-electron chi connectivity index (χ3n) is 3.26. The van der Waals surface area contributed by atoms with Crippen molar-refractivity contribution in [3.63, 3.8) is 0 Å². The Morgan fingerprint density at radius 2 is 2.11 bits per heavy atom. The maximum absolute atomic E-state index is 13.4. The predicted octanol–water partition coefficient (Wildman–Crippen LogP) is 2.22. The zero-order valence-corrected chi connectivity index (χ0v) is 11.8. The quantitative estimate of drug-likeness (QED) is 0.816. The van der Waals surface area contributed by atoms with Crippen LogP contribution in [0.5, 0.6) is 0 Å². The van der Waals surface area contributed by atoms with Gasteiger partial charge in [-0.1, -0.05) is 13.0 Å². The summed E-state index contributed by atoms with van der Waals surface area (Å²) in [6, 6.07) is 3.91. The van der Waals surface area contributed by atoms with E-state index in [2.05, 4.69) is 0 Å². The molecule has 0 saturated heterocycles. The number of rotatable bonds is 6. The monoisotopic (exact) mass is 286 g/mol. The fraction of sp³-hybridized carbons (Fsp3) is 0.538. The first-order valence-corrected chi connectivity index (χ1v) is 7.95. The van der Waals surface area contributed by atoms with Crippen molar-refractivity contribution in [2.75, 3.05) is 18.8 Å². The molecule has 0 unspecified atom stereocenters. The lowest BCUT2D eigenvalue weighted by atomic mass is 10.3. The van der Waals surface area contributed by atoms with Crippen LogP contribution in [-0.2, 0) is 10.0 Å². The highest BCUT2D eigenvalue weighted by Gasteiger charge is 2.32. The molecule has 2 rings (SSSR count). The van der Waals surface area contributed by atoms with Gasteiger partial charge in [0.15, 0.2) is 0 Å². The minimum absolute atomic E-state index is 0.124. The predicted molar refractivity (Wildman–Crippen MR) is 72.6 cm³/mol. The summed E-state index contributed by atoms with van der Waals surface area (Å²) in [7, 11) is -3.70. The van der Waals surface area contributed by atoms with E-state index < -0.39 is 15.8 Å². The largest absolute Gasteiger partial charge is 0.395 e. The van der Waals surface area contributed by atoms with Gasteiger partial charge < -0.3 is 5.73 Å². The van der Waals surface area contributed by atoms with E-state index in [0.717, 1.165) is 19.3 Å². The van der Waals surface area contributed by atoms with Gasteiger partial charge in [-0.25, -0.2) is 12.8 Å². The Kier molecular flexibility index (Phi) is 4.10. The first-order chi connectivity index (χ1) is 8.96. The molecule has 1 saturated carbocycles. The third kappa shape index (κ3) is 3.06. The van der Waals surface area contributed by atoms with E-state index in [1.807, 2.05) is 6.92 Å². The van der Waals surface area contributed by atoms with Gasteiger partial charge in [0.1, 0.15) is 10.7 Å². The van der Waals surface area contributed by atoms with Gasteiger partial charge in [-0.05, 0) is 37.3 Å². The zero-order valence-electron chi connectivity index (χ0n) is 11.0. The van der Waals surface area contributed by atoms with Gasteiger partial charge in [0.05, 0.1) is 5.69 Å². The Morgan fingerprint density at radius 1 is 1.42 bits per heavy atom.